The number of hydrogen-bond donors (Lipinski definition) is 5. The maximum absolute atomic E-state index is 13.7. The molecule has 0 aliphatic heterocycles. The van der Waals surface area contributed by atoms with Crippen LogP contribution in [-0.2, 0) is 30.5 Å². The molecule has 3 unspecified atom stereocenters. The van der Waals surface area contributed by atoms with Crippen molar-refractivity contribution in [2.45, 2.75) is 42.7 Å². The summed E-state index contributed by atoms with van der Waals surface area (Å²) >= 11 is 0. The van der Waals surface area contributed by atoms with Crippen molar-refractivity contribution in [3.05, 3.63) is 59.7 Å². The van der Waals surface area contributed by atoms with E-state index in [9.17, 15) is 32.6 Å². The molecule has 0 aliphatic carbocycles. The van der Waals surface area contributed by atoms with Gasteiger partial charge in [0.15, 0.2) is 0 Å². The Morgan fingerprint density at radius 2 is 1.74 bits per heavy atom. The Bertz CT molecular complexity index is 1220. The molecule has 12 heteroatoms. The number of benzene rings is 2. The monoisotopic (exact) mass is 511 g/mol. The fraction of sp³-hybridized carbons (Fsp3) is 0.364. The molecule has 0 radical (unpaired) electrons. The number of nitrogens with two attached hydrogens (primary N) is 2. The van der Waals surface area contributed by atoms with Crippen LogP contribution in [0.2, 0.25) is 0 Å². The van der Waals surface area contributed by atoms with Crippen molar-refractivity contribution in [2.24, 2.45) is 17.4 Å². The number of anilines is 1. The van der Waals surface area contributed by atoms with Crippen LogP contribution < -0.4 is 16.8 Å². The molecule has 0 spiro atoms. The molecule has 2 aromatic carbocycles. The van der Waals surface area contributed by atoms with Gasteiger partial charge < -0.3 is 26.8 Å². The van der Waals surface area contributed by atoms with Gasteiger partial charge in [-0.05, 0) is 41.3 Å². The van der Waals surface area contributed by atoms with Gasteiger partial charge in [0, 0.05) is 25.3 Å². The zero-order valence-corrected chi connectivity index (χ0v) is 20.8. The first-order valence-corrected chi connectivity index (χ1v) is 13.7. The van der Waals surface area contributed by atoms with Crippen LogP contribution in [0.25, 0.3) is 0 Å². The Morgan fingerprint density at radius 1 is 1.15 bits per heavy atom. The van der Waals surface area contributed by atoms with E-state index < -0.39 is 45.8 Å². The second kappa shape index (κ2) is 10.4. The minimum atomic E-state index is -4.88. The van der Waals surface area contributed by atoms with Crippen molar-refractivity contribution in [1.82, 2.24) is 0 Å². The summed E-state index contributed by atoms with van der Waals surface area (Å²) in [5.41, 5.74) is 13.0. The van der Waals surface area contributed by atoms with E-state index in [0.29, 0.717) is 11.3 Å². The van der Waals surface area contributed by atoms with Crippen LogP contribution in [-0.4, -0.2) is 41.1 Å². The van der Waals surface area contributed by atoms with Crippen molar-refractivity contribution in [3.8, 4) is 0 Å². The van der Waals surface area contributed by atoms with Crippen LogP contribution in [0.15, 0.2) is 53.4 Å². The normalized spacial score (nSPS) is 16.3. The maximum Gasteiger partial charge on any atom is 0.311 e. The van der Waals surface area contributed by atoms with Crippen molar-refractivity contribution < 1.29 is 32.6 Å². The van der Waals surface area contributed by atoms with Crippen LogP contribution in [0.4, 0.5) is 5.69 Å². The average Bonchev–Trinajstić information content (AvgIpc) is 2.76. The summed E-state index contributed by atoms with van der Waals surface area (Å²) in [6.45, 7) is 4.19. The van der Waals surface area contributed by atoms with E-state index in [2.05, 4.69) is 5.32 Å². The van der Waals surface area contributed by atoms with Gasteiger partial charge in [0.2, 0.25) is 27.7 Å². The maximum atomic E-state index is 13.7. The summed E-state index contributed by atoms with van der Waals surface area (Å²) in [5.74, 6) is -4.29. The van der Waals surface area contributed by atoms with Crippen molar-refractivity contribution in [3.63, 3.8) is 0 Å². The summed E-state index contributed by atoms with van der Waals surface area (Å²) in [6.07, 6.45) is -0.895. The minimum Gasteiger partial charge on any atom is -0.481 e. The van der Waals surface area contributed by atoms with Gasteiger partial charge in [-0.3, -0.25) is 14.2 Å². The molecule has 0 aromatic heterocycles. The number of sulfone groups is 1. The molecule has 1 amide bonds. The fourth-order valence-corrected chi connectivity index (χ4v) is 9.15. The number of amides is 1. The lowest BCUT2D eigenvalue weighted by molar-refractivity contribution is -0.138. The number of aliphatic carboxylic acids is 1. The lowest BCUT2D eigenvalue weighted by Gasteiger charge is -2.37. The predicted octanol–water partition coefficient (Wildman–Crippen LogP) is 2.28. The summed E-state index contributed by atoms with van der Waals surface area (Å²) < 4.78 is 38.1. The van der Waals surface area contributed by atoms with Gasteiger partial charge in [-0.15, -0.1) is 0 Å². The van der Waals surface area contributed by atoms with Crippen molar-refractivity contribution in [1.29, 1.82) is 0 Å². The van der Waals surface area contributed by atoms with E-state index in [0.717, 1.165) is 0 Å². The molecular formula is C22H30N3O7PS. The first-order chi connectivity index (χ1) is 15.7. The fourth-order valence-electron chi connectivity index (χ4n) is 3.66. The first-order valence-electron chi connectivity index (χ1n) is 10.4. The summed E-state index contributed by atoms with van der Waals surface area (Å²) in [5, 5.41) is 12.3. The second-order valence-corrected chi connectivity index (χ2v) is 13.3. The smallest absolute Gasteiger partial charge is 0.311 e. The minimum absolute atomic E-state index is 0.132. The highest BCUT2D eigenvalue weighted by molar-refractivity contribution is 8.00. The molecule has 0 aliphatic rings. The average molecular weight is 512 g/mol. The summed E-state index contributed by atoms with van der Waals surface area (Å²) in [4.78, 5) is 34.0. The molecule has 0 saturated carbocycles. The van der Waals surface area contributed by atoms with Gasteiger partial charge in [-0.25, -0.2) is 8.42 Å². The predicted molar refractivity (Wildman–Crippen MR) is 129 cm³/mol. The molecule has 7 N–H and O–H groups in total. The van der Waals surface area contributed by atoms with Crippen LogP contribution in [0.1, 0.15) is 37.8 Å². The number of carbonyl (C=O) groups is 2. The van der Waals surface area contributed by atoms with Gasteiger partial charge in [0.05, 0.1) is 10.8 Å². The topological polar surface area (TPSA) is 190 Å². The largest absolute Gasteiger partial charge is 0.481 e. The number of carbonyl (C=O) groups excluding carboxylic acids is 1. The molecule has 2 rings (SSSR count). The zero-order valence-electron chi connectivity index (χ0n) is 19.1. The molecular weight excluding hydrogens is 481 g/mol. The SMILES string of the molecule is CC(=O)Nc1ccc(S(=O)(=O)C(N)(C(C)C)P(=O)(O)CC(C(=O)O)c2cccc(CN)c2)cc1. The molecule has 0 saturated heterocycles. The number of nitrogens with one attached hydrogen (secondary N) is 1. The Balaban J connectivity index is 2.55. The molecule has 3 atom stereocenters. The van der Waals surface area contributed by atoms with Gasteiger partial charge in [0.1, 0.15) is 0 Å². The van der Waals surface area contributed by atoms with Gasteiger partial charge in [-0.2, -0.15) is 0 Å². The Morgan fingerprint density at radius 3 is 2.21 bits per heavy atom. The first kappa shape index (κ1) is 27.7. The van der Waals surface area contributed by atoms with E-state index >= 15 is 0 Å². The molecule has 34 heavy (non-hydrogen) atoms. The molecule has 0 fully saturated rings. The molecule has 0 heterocycles. The third-order valence-corrected chi connectivity index (χ3v) is 11.9. The highest BCUT2D eigenvalue weighted by atomic mass is 32.2. The van der Waals surface area contributed by atoms with Crippen LogP contribution in [0, 0.1) is 5.92 Å². The highest BCUT2D eigenvalue weighted by Gasteiger charge is 2.58. The van der Waals surface area contributed by atoms with Gasteiger partial charge in [0.25, 0.3) is 0 Å². The highest BCUT2D eigenvalue weighted by Crippen LogP contribution is 2.60. The van der Waals surface area contributed by atoms with Crippen LogP contribution in [0.5, 0.6) is 0 Å². The summed E-state index contributed by atoms with van der Waals surface area (Å²) in [6, 6.07) is 11.2. The molecule has 0 bridgehead atoms. The van der Waals surface area contributed by atoms with Gasteiger partial charge >= 0.3 is 5.97 Å². The summed E-state index contributed by atoms with van der Waals surface area (Å²) in [7, 11) is -9.51. The third-order valence-electron chi connectivity index (χ3n) is 5.61. The molecule has 2 aromatic rings. The number of hydrogen-bond acceptors (Lipinski definition) is 7. The number of rotatable bonds is 10. The standard InChI is InChI=1S/C22H30N3O7PS/c1-14(2)22(24,34(31,32)19-9-7-18(8-10-19)25-15(3)26)33(29,30)13-20(21(27)28)17-6-4-5-16(11-17)12-23/h4-11,14,20H,12-13,23-24H2,1-3H3,(H,25,26)(H,27,28)(H,29,30). The van der Waals surface area contributed by atoms with E-state index in [1.807, 2.05) is 0 Å². The third kappa shape index (κ3) is 5.39. The second-order valence-electron chi connectivity index (χ2n) is 8.34. The van der Waals surface area contributed by atoms with E-state index in [-0.39, 0.29) is 22.9 Å². The van der Waals surface area contributed by atoms with Crippen LogP contribution >= 0.6 is 7.37 Å². The Kier molecular flexibility index (Phi) is 8.44. The van der Waals surface area contributed by atoms with E-state index in [1.54, 1.807) is 12.1 Å². The Labute approximate surface area is 198 Å². The number of carboxylic acid groups (broad SMARTS) is 1. The lowest BCUT2D eigenvalue weighted by atomic mass is 9.99. The zero-order chi connectivity index (χ0) is 25.9. The number of carboxylic acids is 1. The van der Waals surface area contributed by atoms with Crippen molar-refractivity contribution >= 4 is 34.8 Å². The molecule has 186 valence electrons. The van der Waals surface area contributed by atoms with Gasteiger partial charge in [-0.1, -0.05) is 38.1 Å². The molecule has 10 nitrogen and oxygen atoms in total. The van der Waals surface area contributed by atoms with Crippen LogP contribution in [0.3, 0.4) is 0 Å². The lowest BCUT2D eigenvalue weighted by Crippen LogP contribution is -2.52. The van der Waals surface area contributed by atoms with E-state index in [1.165, 1.54) is 57.2 Å². The quantitative estimate of drug-likeness (QED) is 0.298. The van der Waals surface area contributed by atoms with E-state index in [4.69, 9.17) is 11.5 Å². The Hall–Kier alpha value is -2.56. The van der Waals surface area contributed by atoms with Crippen molar-refractivity contribution in [2.75, 3.05) is 11.5 Å².